The predicted octanol–water partition coefficient (Wildman–Crippen LogP) is 6.53. The molecule has 0 aliphatic rings. The highest BCUT2D eigenvalue weighted by Gasteiger charge is 2.26. The van der Waals surface area contributed by atoms with E-state index in [4.69, 9.17) is 4.52 Å². The molecule has 0 heterocycles. The fraction of sp³-hybridized carbons (Fsp3) is 0.700. The number of phosphoric acid groups is 1. The highest BCUT2D eigenvalue weighted by molar-refractivity contribution is 7.46. The van der Waals surface area contributed by atoms with Crippen LogP contribution in [0.4, 0.5) is 0 Å². The lowest BCUT2D eigenvalue weighted by atomic mass is 9.80. The van der Waals surface area contributed by atoms with E-state index in [-0.39, 0.29) is 5.92 Å². The second-order valence-corrected chi connectivity index (χ2v) is 8.05. The first-order chi connectivity index (χ1) is 11.9. The van der Waals surface area contributed by atoms with Crippen molar-refractivity contribution in [1.29, 1.82) is 0 Å². The van der Waals surface area contributed by atoms with Crippen molar-refractivity contribution in [3.05, 3.63) is 29.3 Å². The molecule has 144 valence electrons. The Hall–Kier alpha value is -0.830. The lowest BCUT2D eigenvalue weighted by Gasteiger charge is -2.27. The molecule has 1 aromatic carbocycles. The predicted molar refractivity (Wildman–Crippen MR) is 104 cm³/mol. The van der Waals surface area contributed by atoms with Gasteiger partial charge in [0.1, 0.15) is 5.75 Å². The van der Waals surface area contributed by atoms with Crippen LogP contribution < -0.4 is 4.52 Å². The summed E-state index contributed by atoms with van der Waals surface area (Å²) in [5, 5.41) is 0. The third-order valence-corrected chi connectivity index (χ3v) is 5.15. The van der Waals surface area contributed by atoms with Crippen molar-refractivity contribution < 1.29 is 18.9 Å². The minimum Gasteiger partial charge on any atom is -0.404 e. The van der Waals surface area contributed by atoms with Crippen molar-refractivity contribution in [1.82, 2.24) is 0 Å². The quantitative estimate of drug-likeness (QED) is 0.411. The van der Waals surface area contributed by atoms with E-state index in [0.29, 0.717) is 11.7 Å². The van der Waals surface area contributed by atoms with Crippen molar-refractivity contribution in [2.24, 2.45) is 0 Å². The number of phosphoric ester groups is 1. The van der Waals surface area contributed by atoms with Crippen LogP contribution in [0.25, 0.3) is 0 Å². The van der Waals surface area contributed by atoms with Crippen LogP contribution in [-0.4, -0.2) is 9.79 Å². The summed E-state index contributed by atoms with van der Waals surface area (Å²) in [6.45, 7) is 8.69. The van der Waals surface area contributed by atoms with Gasteiger partial charge in [0.2, 0.25) is 0 Å². The summed E-state index contributed by atoms with van der Waals surface area (Å²) in [4.78, 5) is 18.7. The van der Waals surface area contributed by atoms with E-state index in [0.717, 1.165) is 56.9 Å². The Labute approximate surface area is 153 Å². The Bertz CT molecular complexity index is 541. The molecule has 2 N–H and O–H groups in total. The van der Waals surface area contributed by atoms with Gasteiger partial charge in [-0.25, -0.2) is 4.57 Å². The molecule has 0 spiro atoms. The van der Waals surface area contributed by atoms with E-state index in [1.165, 1.54) is 5.56 Å². The minimum absolute atomic E-state index is 0.281. The first-order valence-corrected chi connectivity index (χ1v) is 11.3. The third kappa shape index (κ3) is 7.13. The summed E-state index contributed by atoms with van der Waals surface area (Å²) in [5.74, 6) is 1.07. The van der Waals surface area contributed by atoms with Gasteiger partial charge in [0, 0.05) is 5.56 Å². The van der Waals surface area contributed by atoms with Crippen LogP contribution in [0.2, 0.25) is 0 Å². The van der Waals surface area contributed by atoms with Crippen LogP contribution in [0.3, 0.4) is 0 Å². The van der Waals surface area contributed by atoms with Crippen molar-refractivity contribution in [2.45, 2.75) is 90.9 Å². The molecule has 25 heavy (non-hydrogen) atoms. The molecule has 0 saturated heterocycles. The highest BCUT2D eigenvalue weighted by atomic mass is 31.2. The van der Waals surface area contributed by atoms with Gasteiger partial charge in [-0.05, 0) is 49.1 Å². The molecule has 5 heteroatoms. The zero-order chi connectivity index (χ0) is 18.9. The van der Waals surface area contributed by atoms with Gasteiger partial charge in [0.25, 0.3) is 0 Å². The molecule has 0 atom stereocenters. The molecule has 0 unspecified atom stereocenters. The zero-order valence-electron chi connectivity index (χ0n) is 16.2. The smallest absolute Gasteiger partial charge is 0.404 e. The molecule has 1 rings (SSSR count). The summed E-state index contributed by atoms with van der Waals surface area (Å²) < 4.78 is 16.6. The average Bonchev–Trinajstić information content (AvgIpc) is 2.53. The second kappa shape index (κ2) is 11.0. The van der Waals surface area contributed by atoms with Gasteiger partial charge >= 0.3 is 7.82 Å². The topological polar surface area (TPSA) is 66.8 Å². The summed E-state index contributed by atoms with van der Waals surface area (Å²) >= 11 is 0. The number of benzene rings is 1. The van der Waals surface area contributed by atoms with Crippen LogP contribution in [-0.2, 0) is 4.57 Å². The molecule has 0 bridgehead atoms. The van der Waals surface area contributed by atoms with E-state index in [1.54, 1.807) is 6.07 Å². The van der Waals surface area contributed by atoms with E-state index < -0.39 is 7.82 Å². The largest absolute Gasteiger partial charge is 0.524 e. The summed E-state index contributed by atoms with van der Waals surface area (Å²) in [6, 6.07) is 5.72. The van der Waals surface area contributed by atoms with E-state index >= 15 is 0 Å². The standard InChI is InChI=1S/C20H35O4P/c1-5-10-16(11-6-2)18-14-9-15-19(24-25(21,22)23)20(18)17(12-7-3)13-8-4/h9,14-17H,5-8,10-13H2,1-4H3,(H2,21,22,23). The zero-order valence-corrected chi connectivity index (χ0v) is 17.1. The van der Waals surface area contributed by atoms with Gasteiger partial charge in [-0.2, -0.15) is 0 Å². The van der Waals surface area contributed by atoms with Gasteiger partial charge in [-0.15, -0.1) is 0 Å². The number of hydrogen-bond acceptors (Lipinski definition) is 2. The Morgan fingerprint density at radius 2 is 1.36 bits per heavy atom. The Balaban J connectivity index is 3.47. The third-order valence-electron chi connectivity index (χ3n) is 4.71. The Morgan fingerprint density at radius 3 is 1.80 bits per heavy atom. The van der Waals surface area contributed by atoms with Gasteiger partial charge in [0.15, 0.2) is 0 Å². The number of hydrogen-bond donors (Lipinski definition) is 2. The molecule has 4 nitrogen and oxygen atoms in total. The summed E-state index contributed by atoms with van der Waals surface area (Å²) in [6.07, 6.45) is 8.47. The maximum Gasteiger partial charge on any atom is 0.524 e. The van der Waals surface area contributed by atoms with Crippen LogP contribution in [0.15, 0.2) is 18.2 Å². The number of rotatable bonds is 12. The van der Waals surface area contributed by atoms with E-state index in [1.807, 2.05) is 6.07 Å². The molecule has 0 aromatic heterocycles. The molecule has 0 aliphatic carbocycles. The van der Waals surface area contributed by atoms with E-state index in [2.05, 4.69) is 33.8 Å². The van der Waals surface area contributed by atoms with Gasteiger partial charge < -0.3 is 4.52 Å². The molecular formula is C20H35O4P. The van der Waals surface area contributed by atoms with Crippen LogP contribution in [0.5, 0.6) is 5.75 Å². The first kappa shape index (κ1) is 22.2. The maximum absolute atomic E-state index is 11.5. The van der Waals surface area contributed by atoms with Crippen LogP contribution in [0, 0.1) is 0 Å². The normalized spacial score (nSPS) is 12.2. The average molecular weight is 370 g/mol. The monoisotopic (exact) mass is 370 g/mol. The molecule has 0 aliphatic heterocycles. The van der Waals surface area contributed by atoms with Crippen molar-refractivity contribution in [3.8, 4) is 5.75 Å². The Kier molecular flexibility index (Phi) is 9.78. The van der Waals surface area contributed by atoms with Crippen LogP contribution in [0.1, 0.15) is 102 Å². The van der Waals surface area contributed by atoms with Gasteiger partial charge in [-0.3, -0.25) is 9.79 Å². The lowest BCUT2D eigenvalue weighted by molar-refractivity contribution is 0.281. The first-order valence-electron chi connectivity index (χ1n) is 9.75. The molecular weight excluding hydrogens is 335 g/mol. The molecule has 0 fully saturated rings. The fourth-order valence-electron chi connectivity index (χ4n) is 3.84. The Morgan fingerprint density at radius 1 is 0.880 bits per heavy atom. The van der Waals surface area contributed by atoms with Crippen molar-refractivity contribution >= 4 is 7.82 Å². The molecule has 0 radical (unpaired) electrons. The van der Waals surface area contributed by atoms with Crippen LogP contribution >= 0.6 is 7.82 Å². The minimum atomic E-state index is -4.57. The second-order valence-electron chi connectivity index (χ2n) is 6.89. The SMILES string of the molecule is CCCC(CCC)c1cccc(OP(=O)(O)O)c1C(CCC)CCC. The lowest BCUT2D eigenvalue weighted by Crippen LogP contribution is -2.10. The van der Waals surface area contributed by atoms with Crippen molar-refractivity contribution in [2.75, 3.05) is 0 Å². The molecule has 0 amide bonds. The molecule has 0 saturated carbocycles. The van der Waals surface area contributed by atoms with Gasteiger partial charge in [0.05, 0.1) is 0 Å². The van der Waals surface area contributed by atoms with Crippen molar-refractivity contribution in [3.63, 3.8) is 0 Å². The maximum atomic E-state index is 11.5. The summed E-state index contributed by atoms with van der Waals surface area (Å²) in [7, 11) is -4.57. The van der Waals surface area contributed by atoms with Gasteiger partial charge in [-0.1, -0.05) is 65.5 Å². The van der Waals surface area contributed by atoms with E-state index in [9.17, 15) is 14.4 Å². The highest BCUT2D eigenvalue weighted by Crippen LogP contribution is 2.46. The summed E-state index contributed by atoms with van der Waals surface area (Å²) in [5.41, 5.74) is 2.25. The fourth-order valence-corrected chi connectivity index (χ4v) is 4.26. The molecule has 1 aromatic rings.